The van der Waals surface area contributed by atoms with E-state index in [1.165, 1.54) is 56.6 Å². The second-order valence-corrected chi connectivity index (χ2v) is 6.36. The van der Waals surface area contributed by atoms with Crippen LogP contribution in [0.2, 0.25) is 0 Å². The van der Waals surface area contributed by atoms with E-state index in [0.29, 0.717) is 0 Å². The Bertz CT molecular complexity index is 452. The highest BCUT2D eigenvalue weighted by molar-refractivity contribution is 7.85. The molecule has 1 aromatic carbocycles. The molecule has 1 aliphatic carbocycles. The Balaban J connectivity index is 0.000000136. The van der Waals surface area contributed by atoms with Gasteiger partial charge < -0.3 is 9.87 Å². The van der Waals surface area contributed by atoms with Gasteiger partial charge in [0.05, 0.1) is 18.0 Å². The lowest BCUT2D eigenvalue weighted by atomic mass is 10.0. The molecule has 2 fully saturated rings. The molecule has 1 heterocycles. The Labute approximate surface area is 108 Å². The maximum atomic E-state index is 10.3. The van der Waals surface area contributed by atoms with Crippen molar-refractivity contribution in [2.75, 3.05) is 13.1 Å². The van der Waals surface area contributed by atoms with E-state index in [1.54, 1.807) is 6.07 Å². The number of hydrogen-bond donors (Lipinski definition) is 1. The van der Waals surface area contributed by atoms with Crippen molar-refractivity contribution in [2.45, 2.75) is 24.2 Å². The average Bonchev–Trinajstić information content (AvgIpc) is 2.92. The Morgan fingerprint density at radius 3 is 2.06 bits per heavy atom. The zero-order valence-corrected chi connectivity index (χ0v) is 11.1. The summed E-state index contributed by atoms with van der Waals surface area (Å²) in [6, 6.07) is 7.19. The zero-order chi connectivity index (χ0) is 13.0. The number of fused-ring (bicyclic) bond motifs is 1. The van der Waals surface area contributed by atoms with Crippen molar-refractivity contribution >= 4 is 10.1 Å². The van der Waals surface area contributed by atoms with Crippen molar-refractivity contribution in [2.24, 2.45) is 11.8 Å². The number of hydrogen-bond acceptors (Lipinski definition) is 3. The molecular weight excluding hydrogens is 250 g/mol. The van der Waals surface area contributed by atoms with Gasteiger partial charge in [-0.3, -0.25) is 0 Å². The van der Waals surface area contributed by atoms with Gasteiger partial charge in [-0.25, -0.2) is 8.42 Å². The van der Waals surface area contributed by atoms with Crippen molar-refractivity contribution in [1.29, 1.82) is 0 Å². The van der Waals surface area contributed by atoms with Gasteiger partial charge >= 0.3 is 0 Å². The second-order valence-electron chi connectivity index (χ2n) is 4.98. The smallest absolute Gasteiger partial charge is 0.124 e. The SMILES string of the molecule is C1CC2C[NH2+]CC2C1.O=S(=O)([O-])c1ccccc1. The topological polar surface area (TPSA) is 73.8 Å². The van der Waals surface area contributed by atoms with Crippen molar-refractivity contribution < 1.29 is 18.3 Å². The number of benzene rings is 1. The Morgan fingerprint density at radius 2 is 1.61 bits per heavy atom. The first-order chi connectivity index (χ1) is 8.57. The zero-order valence-electron chi connectivity index (χ0n) is 10.3. The van der Waals surface area contributed by atoms with Crippen LogP contribution in [0, 0.1) is 11.8 Å². The molecule has 1 saturated carbocycles. The summed E-state index contributed by atoms with van der Waals surface area (Å²) < 4.78 is 30.8. The van der Waals surface area contributed by atoms with Gasteiger partial charge in [-0.2, -0.15) is 0 Å². The van der Waals surface area contributed by atoms with E-state index in [4.69, 9.17) is 0 Å². The first-order valence-corrected chi connectivity index (χ1v) is 7.81. The summed E-state index contributed by atoms with van der Waals surface area (Å²) in [6.45, 7) is 2.87. The van der Waals surface area contributed by atoms with Crippen LogP contribution in [0.25, 0.3) is 0 Å². The minimum atomic E-state index is -4.25. The third-order valence-electron chi connectivity index (χ3n) is 3.79. The molecule has 2 N–H and O–H groups in total. The highest BCUT2D eigenvalue weighted by atomic mass is 32.2. The van der Waals surface area contributed by atoms with Crippen LogP contribution >= 0.6 is 0 Å². The van der Waals surface area contributed by atoms with Crippen molar-refractivity contribution in [3.05, 3.63) is 30.3 Å². The monoisotopic (exact) mass is 269 g/mol. The second kappa shape index (κ2) is 5.82. The minimum absolute atomic E-state index is 0.185. The highest BCUT2D eigenvalue weighted by Gasteiger charge is 2.34. The van der Waals surface area contributed by atoms with E-state index >= 15 is 0 Å². The van der Waals surface area contributed by atoms with Crippen LogP contribution in [0.3, 0.4) is 0 Å². The lowest BCUT2D eigenvalue weighted by Crippen LogP contribution is -2.81. The summed E-state index contributed by atoms with van der Waals surface area (Å²) in [7, 11) is -4.25. The molecule has 5 heteroatoms. The van der Waals surface area contributed by atoms with Crippen LogP contribution in [0.1, 0.15) is 19.3 Å². The molecule has 0 amide bonds. The summed E-state index contributed by atoms with van der Waals surface area (Å²) in [6.07, 6.45) is 4.57. The van der Waals surface area contributed by atoms with Crippen molar-refractivity contribution in [1.82, 2.24) is 0 Å². The lowest BCUT2D eigenvalue weighted by Gasteiger charge is -2.04. The molecule has 100 valence electrons. The molecule has 1 saturated heterocycles. The van der Waals surface area contributed by atoms with Gasteiger partial charge in [0.2, 0.25) is 0 Å². The van der Waals surface area contributed by atoms with Crippen LogP contribution in [-0.4, -0.2) is 26.1 Å². The van der Waals surface area contributed by atoms with E-state index in [9.17, 15) is 13.0 Å². The fraction of sp³-hybridized carbons (Fsp3) is 0.538. The summed E-state index contributed by atoms with van der Waals surface area (Å²) >= 11 is 0. The van der Waals surface area contributed by atoms with Crippen LogP contribution in [0.4, 0.5) is 0 Å². The minimum Gasteiger partial charge on any atom is -0.744 e. The van der Waals surface area contributed by atoms with Gasteiger partial charge in [0, 0.05) is 11.8 Å². The third-order valence-corrected chi connectivity index (χ3v) is 4.64. The molecule has 2 aliphatic rings. The van der Waals surface area contributed by atoms with Crippen molar-refractivity contribution in [3.63, 3.8) is 0 Å². The van der Waals surface area contributed by atoms with E-state index in [-0.39, 0.29) is 4.90 Å². The molecule has 0 bridgehead atoms. The number of rotatable bonds is 1. The van der Waals surface area contributed by atoms with E-state index < -0.39 is 10.1 Å². The molecule has 1 aromatic rings. The molecular formula is C13H19NO3S. The normalized spacial score (nSPS) is 26.3. The standard InChI is InChI=1S/C7H13N.C6H6O3S/c1-2-6-4-8-5-7(6)3-1;7-10(8,9)6-4-2-1-3-5-6/h6-8H,1-5H2;1-5H,(H,7,8,9). The predicted molar refractivity (Wildman–Crippen MR) is 66.9 cm³/mol. The summed E-state index contributed by atoms with van der Waals surface area (Å²) in [5.74, 6) is 2.24. The Morgan fingerprint density at radius 1 is 1.06 bits per heavy atom. The van der Waals surface area contributed by atoms with E-state index in [1.807, 2.05) is 0 Å². The van der Waals surface area contributed by atoms with Gasteiger partial charge in [0.15, 0.2) is 0 Å². The number of nitrogens with two attached hydrogens (primary N) is 1. The van der Waals surface area contributed by atoms with Gasteiger partial charge in [0.25, 0.3) is 0 Å². The molecule has 4 nitrogen and oxygen atoms in total. The molecule has 0 aromatic heterocycles. The Kier molecular flexibility index (Phi) is 4.37. The average molecular weight is 269 g/mol. The summed E-state index contributed by atoms with van der Waals surface area (Å²) in [5.41, 5.74) is 0. The van der Waals surface area contributed by atoms with Crippen LogP contribution in [0.15, 0.2) is 35.2 Å². The van der Waals surface area contributed by atoms with E-state index in [2.05, 4.69) is 5.32 Å². The molecule has 2 unspecified atom stereocenters. The Hall–Kier alpha value is -0.910. The van der Waals surface area contributed by atoms with Crippen LogP contribution in [0.5, 0.6) is 0 Å². The predicted octanol–water partition coefficient (Wildman–Crippen LogP) is 0.570. The maximum Gasteiger partial charge on any atom is 0.124 e. The molecule has 3 rings (SSSR count). The van der Waals surface area contributed by atoms with Crippen LogP contribution in [-0.2, 0) is 10.1 Å². The molecule has 1 aliphatic heterocycles. The number of quaternary nitrogens is 1. The van der Waals surface area contributed by atoms with Gasteiger partial charge in [-0.1, -0.05) is 24.6 Å². The van der Waals surface area contributed by atoms with Gasteiger partial charge in [-0.15, -0.1) is 0 Å². The highest BCUT2D eigenvalue weighted by Crippen LogP contribution is 2.31. The maximum absolute atomic E-state index is 10.3. The quantitative estimate of drug-likeness (QED) is 0.757. The third kappa shape index (κ3) is 3.54. The lowest BCUT2D eigenvalue weighted by molar-refractivity contribution is -0.640. The van der Waals surface area contributed by atoms with Gasteiger partial charge in [-0.05, 0) is 25.0 Å². The van der Waals surface area contributed by atoms with E-state index in [0.717, 1.165) is 11.8 Å². The summed E-state index contributed by atoms with van der Waals surface area (Å²) in [4.78, 5) is -0.185. The molecule has 0 spiro atoms. The first kappa shape index (κ1) is 13.5. The summed E-state index contributed by atoms with van der Waals surface area (Å²) in [5, 5.41) is 2.48. The molecule has 18 heavy (non-hydrogen) atoms. The van der Waals surface area contributed by atoms with Gasteiger partial charge in [0.1, 0.15) is 10.1 Å². The van der Waals surface area contributed by atoms with Crippen LogP contribution < -0.4 is 5.32 Å². The largest absolute Gasteiger partial charge is 0.744 e. The fourth-order valence-corrected chi connectivity index (χ4v) is 3.34. The first-order valence-electron chi connectivity index (χ1n) is 6.40. The molecule has 2 atom stereocenters. The fourth-order valence-electron chi connectivity index (χ4n) is 2.85. The van der Waals surface area contributed by atoms with Crippen molar-refractivity contribution in [3.8, 4) is 0 Å². The molecule has 0 radical (unpaired) electrons.